The van der Waals surface area contributed by atoms with E-state index in [0.29, 0.717) is 22.2 Å². The van der Waals surface area contributed by atoms with Crippen LogP contribution < -0.4 is 0 Å². The predicted octanol–water partition coefficient (Wildman–Crippen LogP) is 7.17. The molecule has 0 aliphatic carbocycles. The molecule has 32 heavy (non-hydrogen) atoms. The zero-order valence-electron chi connectivity index (χ0n) is 17.3. The number of halogens is 2. The first-order valence-corrected chi connectivity index (χ1v) is 11.0. The van der Waals surface area contributed by atoms with Crippen molar-refractivity contribution < 1.29 is 0 Å². The zero-order valence-corrected chi connectivity index (χ0v) is 18.8. The van der Waals surface area contributed by atoms with Gasteiger partial charge in [-0.15, -0.1) is 0 Å². The Morgan fingerprint density at radius 2 is 1.72 bits per heavy atom. The van der Waals surface area contributed by atoms with Crippen molar-refractivity contribution in [1.82, 2.24) is 9.78 Å². The average molecular weight is 457 g/mol. The van der Waals surface area contributed by atoms with E-state index in [2.05, 4.69) is 13.0 Å². The van der Waals surface area contributed by atoms with Gasteiger partial charge in [-0.05, 0) is 29.8 Å². The zero-order chi connectivity index (χ0) is 22.2. The molecule has 0 saturated carbocycles. The van der Waals surface area contributed by atoms with Crippen LogP contribution in [-0.2, 0) is 6.54 Å². The van der Waals surface area contributed by atoms with Crippen molar-refractivity contribution in [2.24, 2.45) is 10.9 Å². The second-order valence-electron chi connectivity index (χ2n) is 7.81. The van der Waals surface area contributed by atoms with E-state index in [-0.39, 0.29) is 5.92 Å². The molecule has 156 valence electrons. The Labute approximate surface area is 196 Å². The van der Waals surface area contributed by atoms with Crippen molar-refractivity contribution >= 4 is 34.7 Å². The Kier molecular flexibility index (Phi) is 5.30. The minimum absolute atomic E-state index is 0.160. The fourth-order valence-corrected chi connectivity index (χ4v) is 4.57. The summed E-state index contributed by atoms with van der Waals surface area (Å²) in [6.07, 6.45) is 0. The first-order valence-electron chi connectivity index (χ1n) is 10.3. The molecule has 4 nitrogen and oxygen atoms in total. The van der Waals surface area contributed by atoms with Crippen LogP contribution in [0.15, 0.2) is 77.8 Å². The minimum atomic E-state index is 0.160. The van der Waals surface area contributed by atoms with E-state index in [1.807, 2.05) is 71.4 Å². The maximum Gasteiger partial charge on any atom is 0.159 e. The topological polar surface area (TPSA) is 54.0 Å². The third kappa shape index (κ3) is 3.60. The van der Waals surface area contributed by atoms with Crippen LogP contribution in [0.4, 0.5) is 5.82 Å². The Hall–Kier alpha value is -3.39. The number of hydrogen-bond donors (Lipinski definition) is 0. The van der Waals surface area contributed by atoms with Gasteiger partial charge >= 0.3 is 0 Å². The van der Waals surface area contributed by atoms with Crippen molar-refractivity contribution in [3.63, 3.8) is 0 Å². The van der Waals surface area contributed by atoms with Gasteiger partial charge in [0, 0.05) is 22.1 Å². The van der Waals surface area contributed by atoms with Crippen LogP contribution >= 0.6 is 23.2 Å². The number of nitrogens with zero attached hydrogens (tertiary/aromatic N) is 4. The van der Waals surface area contributed by atoms with Gasteiger partial charge in [-0.2, -0.15) is 10.4 Å². The maximum atomic E-state index is 9.13. The number of fused-ring (bicyclic) bond motifs is 1. The molecule has 5 rings (SSSR count). The molecule has 1 aliphatic rings. The molecule has 0 amide bonds. The third-order valence-corrected chi connectivity index (χ3v) is 6.17. The van der Waals surface area contributed by atoms with Gasteiger partial charge in [-0.25, -0.2) is 9.67 Å². The molecule has 1 atom stereocenters. The Bertz CT molecular complexity index is 1380. The summed E-state index contributed by atoms with van der Waals surface area (Å²) in [7, 11) is 0. The van der Waals surface area contributed by atoms with E-state index in [4.69, 9.17) is 38.6 Å². The molecular formula is C26H18Cl2N4. The summed E-state index contributed by atoms with van der Waals surface area (Å²) in [5.74, 6) is 0.929. The van der Waals surface area contributed by atoms with E-state index in [9.17, 15) is 0 Å². The standard InChI is InChI=1S/C26H18Cl2N4/c1-16-15-32-26(30-24(16)19-9-7-17(14-29)8-10-19)23(21-12-11-20(27)13-22(21)28)25(31-32)18-5-3-2-4-6-18/h2-13,16H,15H2,1H3. The highest BCUT2D eigenvalue weighted by molar-refractivity contribution is 6.36. The number of nitriles is 1. The number of aromatic nitrogens is 2. The molecule has 1 unspecified atom stereocenters. The van der Waals surface area contributed by atoms with E-state index >= 15 is 0 Å². The molecule has 0 spiro atoms. The van der Waals surface area contributed by atoms with E-state index in [0.717, 1.165) is 39.5 Å². The fourth-order valence-electron chi connectivity index (χ4n) is 4.07. The van der Waals surface area contributed by atoms with Crippen LogP contribution in [0, 0.1) is 17.2 Å². The van der Waals surface area contributed by atoms with Crippen LogP contribution in [0.1, 0.15) is 18.1 Å². The van der Waals surface area contributed by atoms with E-state index in [1.165, 1.54) is 0 Å². The number of aliphatic imine (C=N–C) groups is 1. The monoisotopic (exact) mass is 456 g/mol. The summed E-state index contributed by atoms with van der Waals surface area (Å²) in [5.41, 5.74) is 6.15. The van der Waals surface area contributed by atoms with Crippen LogP contribution in [0.2, 0.25) is 10.0 Å². The lowest BCUT2D eigenvalue weighted by Crippen LogP contribution is -2.23. The molecular weight excluding hydrogens is 439 g/mol. The highest BCUT2D eigenvalue weighted by atomic mass is 35.5. The van der Waals surface area contributed by atoms with E-state index in [1.54, 1.807) is 6.07 Å². The number of hydrogen-bond acceptors (Lipinski definition) is 3. The lowest BCUT2D eigenvalue weighted by molar-refractivity contribution is 0.533. The number of rotatable bonds is 3. The summed E-state index contributed by atoms with van der Waals surface area (Å²) in [6, 6.07) is 25.3. The van der Waals surface area contributed by atoms with Crippen LogP contribution in [0.25, 0.3) is 22.4 Å². The van der Waals surface area contributed by atoms with Crippen molar-refractivity contribution in [3.05, 3.63) is 94.0 Å². The Morgan fingerprint density at radius 3 is 2.41 bits per heavy atom. The molecule has 4 aromatic rings. The molecule has 6 heteroatoms. The first kappa shape index (κ1) is 20.5. The molecule has 1 aromatic heterocycles. The average Bonchev–Trinajstić information content (AvgIpc) is 3.17. The van der Waals surface area contributed by atoms with Gasteiger partial charge in [0.15, 0.2) is 5.82 Å². The smallest absolute Gasteiger partial charge is 0.159 e. The van der Waals surface area contributed by atoms with Gasteiger partial charge in [-0.1, -0.05) is 78.7 Å². The second kappa shape index (κ2) is 8.27. The quantitative estimate of drug-likeness (QED) is 0.328. The van der Waals surface area contributed by atoms with Crippen molar-refractivity contribution in [1.29, 1.82) is 5.26 Å². The molecule has 0 saturated heterocycles. The van der Waals surface area contributed by atoms with Crippen molar-refractivity contribution in [3.8, 4) is 28.5 Å². The minimum Gasteiger partial charge on any atom is -0.246 e. The Morgan fingerprint density at radius 1 is 0.969 bits per heavy atom. The molecule has 0 bridgehead atoms. The van der Waals surface area contributed by atoms with Gasteiger partial charge in [0.2, 0.25) is 0 Å². The van der Waals surface area contributed by atoms with Gasteiger partial charge in [0.05, 0.1) is 34.5 Å². The normalized spacial score (nSPS) is 15.1. The highest BCUT2D eigenvalue weighted by Crippen LogP contribution is 2.44. The van der Waals surface area contributed by atoms with Crippen LogP contribution in [0.3, 0.4) is 0 Å². The fraction of sp³-hybridized carbons (Fsp3) is 0.115. The summed E-state index contributed by atoms with van der Waals surface area (Å²) >= 11 is 12.8. The maximum absolute atomic E-state index is 9.13. The third-order valence-electron chi connectivity index (χ3n) is 5.62. The van der Waals surface area contributed by atoms with Crippen molar-refractivity contribution in [2.75, 3.05) is 0 Å². The van der Waals surface area contributed by atoms with Crippen LogP contribution in [0.5, 0.6) is 0 Å². The van der Waals surface area contributed by atoms with Gasteiger partial charge in [0.25, 0.3) is 0 Å². The van der Waals surface area contributed by atoms with E-state index < -0.39 is 0 Å². The molecule has 0 N–H and O–H groups in total. The summed E-state index contributed by atoms with van der Waals surface area (Å²) in [5, 5.41) is 15.2. The first-order chi connectivity index (χ1) is 15.5. The molecule has 3 aromatic carbocycles. The summed E-state index contributed by atoms with van der Waals surface area (Å²) < 4.78 is 1.96. The van der Waals surface area contributed by atoms with Crippen LogP contribution in [-0.4, -0.2) is 15.5 Å². The molecule has 1 aliphatic heterocycles. The van der Waals surface area contributed by atoms with Gasteiger partial charge < -0.3 is 0 Å². The number of benzene rings is 3. The predicted molar refractivity (Wildman–Crippen MR) is 130 cm³/mol. The molecule has 0 radical (unpaired) electrons. The van der Waals surface area contributed by atoms with Gasteiger partial charge in [-0.3, -0.25) is 0 Å². The summed E-state index contributed by atoms with van der Waals surface area (Å²) in [4.78, 5) is 5.08. The van der Waals surface area contributed by atoms with Gasteiger partial charge in [0.1, 0.15) is 5.69 Å². The largest absolute Gasteiger partial charge is 0.246 e. The molecule has 2 heterocycles. The second-order valence-corrected chi connectivity index (χ2v) is 8.65. The summed E-state index contributed by atoms with van der Waals surface area (Å²) in [6.45, 7) is 2.83. The lowest BCUT2D eigenvalue weighted by atomic mass is 9.95. The molecule has 0 fully saturated rings. The highest BCUT2D eigenvalue weighted by Gasteiger charge is 2.28. The van der Waals surface area contributed by atoms with Crippen molar-refractivity contribution in [2.45, 2.75) is 13.5 Å². The Balaban J connectivity index is 1.75. The SMILES string of the molecule is CC1Cn2nc(-c3ccccc3)c(-c3ccc(Cl)cc3Cl)c2N=C1c1ccc(C#N)cc1. The lowest BCUT2D eigenvalue weighted by Gasteiger charge is -2.22.